The standard InChI is InChI=1S/C34H35N3O2/c1-21-11-28(20-35-36-33(39)31-15-26-5-3-4-6-27(26)16-32(31)38)22(2)37(21)30-9-7-29(8-10-30)34-17-23-12-24(18-34)14-25(13-23)19-34/h3-11,15-16,20,23-25,38H,12-14,17-19H2,1-2H3,(H,36,39). The van der Waals surface area contributed by atoms with Gasteiger partial charge in [0.25, 0.3) is 5.91 Å². The van der Waals surface area contributed by atoms with Crippen LogP contribution in [0.1, 0.15) is 71.4 Å². The van der Waals surface area contributed by atoms with Gasteiger partial charge in [0, 0.05) is 22.6 Å². The summed E-state index contributed by atoms with van der Waals surface area (Å²) in [6, 6.07) is 22.3. The van der Waals surface area contributed by atoms with E-state index in [1.165, 1.54) is 44.1 Å². The van der Waals surface area contributed by atoms with Crippen LogP contribution in [0.4, 0.5) is 0 Å². The molecule has 0 saturated heterocycles. The van der Waals surface area contributed by atoms with Crippen LogP contribution in [-0.4, -0.2) is 21.8 Å². The first-order valence-electron chi connectivity index (χ1n) is 14.2. The Bertz CT molecular complexity index is 1580. The second-order valence-electron chi connectivity index (χ2n) is 12.3. The third kappa shape index (κ3) is 4.15. The van der Waals surface area contributed by atoms with Gasteiger partial charge in [-0.15, -0.1) is 0 Å². The van der Waals surface area contributed by atoms with E-state index in [2.05, 4.69) is 59.3 Å². The molecule has 0 unspecified atom stereocenters. The number of aromatic nitrogens is 1. The van der Waals surface area contributed by atoms with Gasteiger partial charge in [-0.25, -0.2) is 5.43 Å². The molecule has 4 aliphatic rings. The van der Waals surface area contributed by atoms with Gasteiger partial charge >= 0.3 is 0 Å². The van der Waals surface area contributed by atoms with Crippen molar-refractivity contribution < 1.29 is 9.90 Å². The van der Waals surface area contributed by atoms with Crippen molar-refractivity contribution >= 4 is 22.9 Å². The smallest absolute Gasteiger partial charge is 0.275 e. The van der Waals surface area contributed by atoms with E-state index >= 15 is 0 Å². The molecule has 1 heterocycles. The first-order chi connectivity index (χ1) is 18.9. The lowest BCUT2D eigenvalue weighted by Crippen LogP contribution is -2.48. The number of nitrogens with zero attached hydrogens (tertiary/aromatic N) is 2. The lowest BCUT2D eigenvalue weighted by atomic mass is 9.48. The summed E-state index contributed by atoms with van der Waals surface area (Å²) >= 11 is 0. The van der Waals surface area contributed by atoms with Crippen molar-refractivity contribution in [3.63, 3.8) is 0 Å². The minimum absolute atomic E-state index is 0.0587. The van der Waals surface area contributed by atoms with Gasteiger partial charge in [0.05, 0.1) is 11.8 Å². The second-order valence-corrected chi connectivity index (χ2v) is 12.3. The lowest BCUT2D eigenvalue weighted by Gasteiger charge is -2.57. The molecule has 4 aliphatic carbocycles. The number of benzene rings is 3. The van der Waals surface area contributed by atoms with E-state index in [1.807, 2.05) is 24.3 Å². The van der Waals surface area contributed by atoms with E-state index in [-0.39, 0.29) is 11.3 Å². The molecule has 0 atom stereocenters. The molecule has 4 saturated carbocycles. The lowest BCUT2D eigenvalue weighted by molar-refractivity contribution is -0.00518. The predicted molar refractivity (Wildman–Crippen MR) is 156 cm³/mol. The molecule has 0 aliphatic heterocycles. The SMILES string of the molecule is Cc1cc(C=NNC(=O)c2cc3ccccc3cc2O)c(C)n1-c1ccc(C23CC4CC(CC(C4)C2)C3)cc1. The number of hydrazone groups is 1. The molecule has 3 aromatic carbocycles. The average molecular weight is 518 g/mol. The summed E-state index contributed by atoms with van der Waals surface area (Å²) in [5.41, 5.74) is 9.02. The van der Waals surface area contributed by atoms with E-state index in [9.17, 15) is 9.90 Å². The zero-order valence-electron chi connectivity index (χ0n) is 22.7. The highest BCUT2D eigenvalue weighted by atomic mass is 16.3. The largest absolute Gasteiger partial charge is 0.507 e. The highest BCUT2D eigenvalue weighted by Gasteiger charge is 2.51. The molecular weight excluding hydrogens is 482 g/mol. The summed E-state index contributed by atoms with van der Waals surface area (Å²) in [5, 5.41) is 16.3. The van der Waals surface area contributed by atoms with Gasteiger partial charge in [0.1, 0.15) is 5.75 Å². The fourth-order valence-corrected chi connectivity index (χ4v) is 8.37. The number of aromatic hydroxyl groups is 1. The number of fused-ring (bicyclic) bond motifs is 1. The van der Waals surface area contributed by atoms with Crippen molar-refractivity contribution in [3.05, 3.63) is 94.8 Å². The van der Waals surface area contributed by atoms with Gasteiger partial charge in [-0.05, 0) is 122 Å². The molecular formula is C34H35N3O2. The number of hydrogen-bond donors (Lipinski definition) is 2. The molecule has 4 aromatic rings. The van der Waals surface area contributed by atoms with Crippen LogP contribution in [0.3, 0.4) is 0 Å². The molecule has 1 amide bonds. The Morgan fingerprint density at radius 3 is 2.18 bits per heavy atom. The predicted octanol–water partition coefficient (Wildman–Crippen LogP) is 7.18. The monoisotopic (exact) mass is 517 g/mol. The zero-order chi connectivity index (χ0) is 26.7. The number of hydrogen-bond acceptors (Lipinski definition) is 3. The highest BCUT2D eigenvalue weighted by molar-refractivity contribution is 6.01. The van der Waals surface area contributed by atoms with E-state index in [1.54, 1.807) is 18.3 Å². The molecule has 198 valence electrons. The van der Waals surface area contributed by atoms with Crippen molar-refractivity contribution in [3.8, 4) is 11.4 Å². The van der Waals surface area contributed by atoms with Crippen LogP contribution in [-0.2, 0) is 5.41 Å². The number of phenolic OH excluding ortho intramolecular Hbond substituents is 1. The Kier molecular flexibility index (Phi) is 5.66. The third-order valence-electron chi connectivity index (χ3n) is 9.72. The first kappa shape index (κ1) is 24.2. The summed E-state index contributed by atoms with van der Waals surface area (Å²) in [6.45, 7) is 4.18. The number of amides is 1. The Hall–Kier alpha value is -3.86. The maximum absolute atomic E-state index is 12.7. The molecule has 5 heteroatoms. The Morgan fingerprint density at radius 1 is 0.923 bits per heavy atom. The summed E-state index contributed by atoms with van der Waals surface area (Å²) in [4.78, 5) is 12.7. The number of carbonyl (C=O) groups excluding carboxylic acids is 1. The van der Waals surface area contributed by atoms with Gasteiger partial charge < -0.3 is 9.67 Å². The van der Waals surface area contributed by atoms with Crippen LogP contribution in [0.2, 0.25) is 0 Å². The zero-order valence-corrected chi connectivity index (χ0v) is 22.7. The van der Waals surface area contributed by atoms with E-state index in [0.717, 1.165) is 51.2 Å². The van der Waals surface area contributed by atoms with Crippen molar-refractivity contribution in [2.45, 2.75) is 57.8 Å². The topological polar surface area (TPSA) is 66.6 Å². The Morgan fingerprint density at radius 2 is 1.54 bits per heavy atom. The second kappa shape index (κ2) is 9.11. The fourth-order valence-electron chi connectivity index (χ4n) is 8.37. The number of nitrogens with one attached hydrogen (secondary N) is 1. The van der Waals surface area contributed by atoms with Crippen molar-refractivity contribution in [2.75, 3.05) is 0 Å². The van der Waals surface area contributed by atoms with Crippen LogP contribution >= 0.6 is 0 Å². The summed E-state index contributed by atoms with van der Waals surface area (Å²) in [7, 11) is 0. The first-order valence-corrected chi connectivity index (χ1v) is 14.2. The third-order valence-corrected chi connectivity index (χ3v) is 9.72. The van der Waals surface area contributed by atoms with Gasteiger partial charge in [0.15, 0.2) is 0 Å². The minimum atomic E-state index is -0.441. The van der Waals surface area contributed by atoms with E-state index in [4.69, 9.17) is 0 Å². The van der Waals surface area contributed by atoms with Gasteiger partial charge in [-0.1, -0.05) is 36.4 Å². The van der Waals surface area contributed by atoms with Crippen molar-refractivity contribution in [1.82, 2.24) is 9.99 Å². The molecule has 4 fully saturated rings. The molecule has 2 N–H and O–H groups in total. The van der Waals surface area contributed by atoms with Crippen LogP contribution in [0.15, 0.2) is 71.8 Å². The maximum atomic E-state index is 12.7. The van der Waals surface area contributed by atoms with Crippen LogP contribution in [0.25, 0.3) is 16.5 Å². The molecule has 0 spiro atoms. The molecule has 0 radical (unpaired) electrons. The van der Waals surface area contributed by atoms with Gasteiger partial charge in [-0.2, -0.15) is 5.10 Å². The quantitative estimate of drug-likeness (QED) is 0.217. The van der Waals surface area contributed by atoms with Crippen molar-refractivity contribution in [2.24, 2.45) is 22.9 Å². The number of aryl methyl sites for hydroxylation is 1. The minimum Gasteiger partial charge on any atom is -0.507 e. The van der Waals surface area contributed by atoms with Crippen LogP contribution < -0.4 is 5.43 Å². The maximum Gasteiger partial charge on any atom is 0.275 e. The van der Waals surface area contributed by atoms with Gasteiger partial charge in [-0.3, -0.25) is 4.79 Å². The average Bonchev–Trinajstić information content (AvgIpc) is 3.20. The van der Waals surface area contributed by atoms with E-state index < -0.39 is 5.91 Å². The summed E-state index contributed by atoms with van der Waals surface area (Å²) < 4.78 is 2.25. The summed E-state index contributed by atoms with van der Waals surface area (Å²) in [6.07, 6.45) is 10.2. The molecule has 39 heavy (non-hydrogen) atoms. The molecule has 8 rings (SSSR count). The van der Waals surface area contributed by atoms with E-state index in [0.29, 0.717) is 5.41 Å². The number of phenols is 1. The number of carbonyl (C=O) groups is 1. The van der Waals surface area contributed by atoms with Crippen LogP contribution in [0, 0.1) is 31.6 Å². The van der Waals surface area contributed by atoms with Crippen molar-refractivity contribution in [1.29, 1.82) is 0 Å². The Balaban J connectivity index is 1.09. The van der Waals surface area contributed by atoms with Crippen LogP contribution in [0.5, 0.6) is 5.75 Å². The summed E-state index contributed by atoms with van der Waals surface area (Å²) in [5.74, 6) is 2.33. The molecule has 5 nitrogen and oxygen atoms in total. The molecule has 1 aromatic heterocycles. The normalized spacial score (nSPS) is 25.5. The highest BCUT2D eigenvalue weighted by Crippen LogP contribution is 2.60. The fraction of sp³-hybridized carbons (Fsp3) is 0.353. The molecule has 4 bridgehead atoms. The van der Waals surface area contributed by atoms with Gasteiger partial charge in [0.2, 0.25) is 0 Å². The number of rotatable bonds is 5. The Labute approximate surface area is 229 Å².